The number of hydrogen-bond acceptors (Lipinski definition) is 3. The van der Waals surface area contributed by atoms with E-state index in [9.17, 15) is 13.5 Å². The average molecular weight is 192 g/mol. The van der Waals surface area contributed by atoms with Gasteiger partial charge in [-0.25, -0.2) is 8.42 Å². The summed E-state index contributed by atoms with van der Waals surface area (Å²) in [6.45, 7) is 5.61. The Labute approximate surface area is 74.0 Å². The first kappa shape index (κ1) is 11.6. The Morgan fingerprint density at radius 3 is 2.42 bits per heavy atom. The summed E-state index contributed by atoms with van der Waals surface area (Å²) < 4.78 is 21.4. The molecule has 0 aromatic carbocycles. The molecule has 0 radical (unpaired) electrons. The molecule has 1 atom stereocenters. The van der Waals surface area contributed by atoms with Crippen LogP contribution in [0.3, 0.4) is 0 Å². The Morgan fingerprint density at radius 2 is 2.08 bits per heavy atom. The van der Waals surface area contributed by atoms with Gasteiger partial charge in [-0.05, 0) is 12.8 Å². The van der Waals surface area contributed by atoms with E-state index in [1.165, 1.54) is 0 Å². The molecule has 12 heavy (non-hydrogen) atoms. The minimum absolute atomic E-state index is 0.175. The lowest BCUT2D eigenvalue weighted by atomic mass is 10.1. The van der Waals surface area contributed by atoms with Crippen LogP contribution < -0.4 is 0 Å². The van der Waals surface area contributed by atoms with Gasteiger partial charge < -0.3 is 5.11 Å². The topological polar surface area (TPSA) is 54.4 Å². The molecule has 72 valence electrons. The van der Waals surface area contributed by atoms with Crippen LogP contribution >= 0.6 is 0 Å². The van der Waals surface area contributed by atoms with Gasteiger partial charge in [-0.1, -0.05) is 19.1 Å². The zero-order valence-corrected chi connectivity index (χ0v) is 8.39. The summed E-state index contributed by atoms with van der Waals surface area (Å²) >= 11 is 0. The molecule has 0 saturated carbocycles. The van der Waals surface area contributed by atoms with Gasteiger partial charge >= 0.3 is 0 Å². The molecule has 4 heteroatoms. The van der Waals surface area contributed by atoms with Gasteiger partial charge in [-0.15, -0.1) is 0 Å². The van der Waals surface area contributed by atoms with Gasteiger partial charge in [-0.2, -0.15) is 0 Å². The van der Waals surface area contributed by atoms with Crippen molar-refractivity contribution >= 4 is 9.84 Å². The van der Waals surface area contributed by atoms with Gasteiger partial charge in [0.1, 0.15) is 9.84 Å². The van der Waals surface area contributed by atoms with E-state index < -0.39 is 15.9 Å². The van der Waals surface area contributed by atoms with E-state index in [2.05, 4.69) is 6.58 Å². The molecule has 0 aliphatic carbocycles. The summed E-state index contributed by atoms with van der Waals surface area (Å²) in [5.41, 5.74) is 0.881. The van der Waals surface area contributed by atoms with E-state index in [0.29, 0.717) is 6.42 Å². The first-order valence-corrected chi connectivity index (χ1v) is 5.93. The van der Waals surface area contributed by atoms with Gasteiger partial charge in [0, 0.05) is 6.26 Å². The van der Waals surface area contributed by atoms with Crippen molar-refractivity contribution in [3.8, 4) is 0 Å². The zero-order chi connectivity index (χ0) is 9.78. The SMILES string of the molecule is C=C(CC)CC(O)CS(C)(=O)=O. The number of sulfone groups is 1. The molecule has 1 unspecified atom stereocenters. The Bertz CT molecular complexity index is 241. The Balaban J connectivity index is 3.91. The van der Waals surface area contributed by atoms with Crippen molar-refractivity contribution in [2.24, 2.45) is 0 Å². The second kappa shape index (κ2) is 4.62. The van der Waals surface area contributed by atoms with E-state index in [1.54, 1.807) is 0 Å². The lowest BCUT2D eigenvalue weighted by Crippen LogP contribution is -2.20. The molecular formula is C8H16O3S. The van der Waals surface area contributed by atoms with Crippen LogP contribution in [0.5, 0.6) is 0 Å². The fraction of sp³-hybridized carbons (Fsp3) is 0.750. The summed E-state index contributed by atoms with van der Waals surface area (Å²) in [7, 11) is -3.07. The van der Waals surface area contributed by atoms with Gasteiger partial charge in [0.2, 0.25) is 0 Å². The fourth-order valence-electron chi connectivity index (χ4n) is 0.886. The van der Waals surface area contributed by atoms with Crippen molar-refractivity contribution in [3.63, 3.8) is 0 Å². The van der Waals surface area contributed by atoms with Crippen LogP contribution in [0.1, 0.15) is 19.8 Å². The van der Waals surface area contributed by atoms with Crippen molar-refractivity contribution in [1.29, 1.82) is 0 Å². The Morgan fingerprint density at radius 1 is 1.58 bits per heavy atom. The standard InChI is InChI=1S/C8H16O3S/c1-4-7(2)5-8(9)6-12(3,10)11/h8-9H,2,4-6H2,1,3H3. The van der Waals surface area contributed by atoms with Gasteiger partial charge in [0.05, 0.1) is 11.9 Å². The predicted octanol–water partition coefficient (Wildman–Crippen LogP) is 0.748. The van der Waals surface area contributed by atoms with Crippen molar-refractivity contribution in [2.45, 2.75) is 25.9 Å². The van der Waals surface area contributed by atoms with Crippen LogP contribution in [-0.4, -0.2) is 31.6 Å². The van der Waals surface area contributed by atoms with E-state index >= 15 is 0 Å². The molecule has 0 heterocycles. The minimum atomic E-state index is -3.07. The molecular weight excluding hydrogens is 176 g/mol. The summed E-state index contributed by atoms with van der Waals surface area (Å²) in [5, 5.41) is 9.25. The monoisotopic (exact) mass is 192 g/mol. The molecule has 1 N–H and O–H groups in total. The predicted molar refractivity (Wildman–Crippen MR) is 49.8 cm³/mol. The van der Waals surface area contributed by atoms with Crippen LogP contribution in [-0.2, 0) is 9.84 Å². The molecule has 0 spiro atoms. The molecule has 0 rings (SSSR count). The largest absolute Gasteiger partial charge is 0.392 e. The molecule has 0 aliphatic rings. The summed E-state index contributed by atoms with van der Waals surface area (Å²) in [6, 6.07) is 0. The average Bonchev–Trinajstić information content (AvgIpc) is 1.82. The van der Waals surface area contributed by atoms with Gasteiger partial charge in [-0.3, -0.25) is 0 Å². The highest BCUT2D eigenvalue weighted by Crippen LogP contribution is 2.07. The summed E-state index contributed by atoms with van der Waals surface area (Å²) in [4.78, 5) is 0. The van der Waals surface area contributed by atoms with Crippen LogP contribution in [0.15, 0.2) is 12.2 Å². The molecule has 0 fully saturated rings. The Kier molecular flexibility index (Phi) is 4.49. The van der Waals surface area contributed by atoms with E-state index in [-0.39, 0.29) is 5.75 Å². The molecule has 0 aliphatic heterocycles. The molecule has 0 aromatic rings. The van der Waals surface area contributed by atoms with E-state index in [1.807, 2.05) is 6.92 Å². The maximum atomic E-state index is 10.7. The molecule has 0 amide bonds. The molecule has 0 aromatic heterocycles. The van der Waals surface area contributed by atoms with Crippen LogP contribution in [0.25, 0.3) is 0 Å². The van der Waals surface area contributed by atoms with Crippen molar-refractivity contribution < 1.29 is 13.5 Å². The summed E-state index contributed by atoms with van der Waals surface area (Å²) in [6.07, 6.45) is 1.47. The number of aliphatic hydroxyl groups excluding tert-OH is 1. The van der Waals surface area contributed by atoms with Gasteiger partial charge in [0.15, 0.2) is 0 Å². The fourth-order valence-corrected chi connectivity index (χ4v) is 1.70. The van der Waals surface area contributed by atoms with Crippen LogP contribution in [0.2, 0.25) is 0 Å². The lowest BCUT2D eigenvalue weighted by Gasteiger charge is -2.09. The third kappa shape index (κ3) is 6.37. The highest BCUT2D eigenvalue weighted by molar-refractivity contribution is 7.90. The quantitative estimate of drug-likeness (QED) is 0.654. The van der Waals surface area contributed by atoms with Crippen molar-refractivity contribution in [1.82, 2.24) is 0 Å². The zero-order valence-electron chi connectivity index (χ0n) is 7.58. The third-order valence-corrected chi connectivity index (χ3v) is 2.51. The van der Waals surface area contributed by atoms with E-state index in [0.717, 1.165) is 18.2 Å². The van der Waals surface area contributed by atoms with Crippen LogP contribution in [0.4, 0.5) is 0 Å². The highest BCUT2D eigenvalue weighted by Gasteiger charge is 2.12. The third-order valence-electron chi connectivity index (χ3n) is 1.52. The van der Waals surface area contributed by atoms with Gasteiger partial charge in [0.25, 0.3) is 0 Å². The summed E-state index contributed by atoms with van der Waals surface area (Å²) in [5.74, 6) is -0.175. The number of rotatable bonds is 5. The van der Waals surface area contributed by atoms with Crippen molar-refractivity contribution in [2.75, 3.05) is 12.0 Å². The smallest absolute Gasteiger partial charge is 0.150 e. The van der Waals surface area contributed by atoms with Crippen LogP contribution in [0, 0.1) is 0 Å². The first-order chi connectivity index (χ1) is 5.35. The second-order valence-corrected chi connectivity index (χ2v) is 5.24. The maximum absolute atomic E-state index is 10.7. The normalized spacial score (nSPS) is 14.2. The molecule has 0 saturated heterocycles. The lowest BCUT2D eigenvalue weighted by molar-refractivity contribution is 0.197. The molecule has 3 nitrogen and oxygen atoms in total. The first-order valence-electron chi connectivity index (χ1n) is 3.87. The Hall–Kier alpha value is -0.350. The maximum Gasteiger partial charge on any atom is 0.150 e. The number of aliphatic hydroxyl groups is 1. The number of hydrogen-bond donors (Lipinski definition) is 1. The van der Waals surface area contributed by atoms with Crippen molar-refractivity contribution in [3.05, 3.63) is 12.2 Å². The second-order valence-electron chi connectivity index (χ2n) is 3.05. The molecule has 0 bridgehead atoms. The highest BCUT2D eigenvalue weighted by atomic mass is 32.2. The minimum Gasteiger partial charge on any atom is -0.392 e. The van der Waals surface area contributed by atoms with E-state index in [4.69, 9.17) is 0 Å².